The molecule has 6 nitrogen and oxygen atoms in total. The normalized spacial score (nSPS) is 10.4. The van der Waals surface area contributed by atoms with E-state index in [0.29, 0.717) is 18.0 Å². The van der Waals surface area contributed by atoms with Crippen molar-refractivity contribution in [1.29, 1.82) is 0 Å². The molecule has 0 atom stereocenters. The Morgan fingerprint density at radius 3 is 2.72 bits per heavy atom. The number of carbonyl (C=O) groups excluding carboxylic acids is 2. The quantitative estimate of drug-likeness (QED) is 0.542. The van der Waals surface area contributed by atoms with E-state index in [9.17, 15) is 9.59 Å². The lowest BCUT2D eigenvalue weighted by molar-refractivity contribution is -0.145. The van der Waals surface area contributed by atoms with E-state index in [1.807, 2.05) is 23.6 Å². The minimum Gasteiger partial charge on any atom is -0.482 e. The number of benzene rings is 2. The molecule has 0 unspecified atom stereocenters. The molecule has 1 aromatic heterocycles. The summed E-state index contributed by atoms with van der Waals surface area (Å²) in [6.07, 6.45) is 0.951. The number of nitrogens with zero attached hydrogens (tertiary/aromatic N) is 1. The monoisotopic (exact) mass is 410 g/mol. The molecule has 1 heterocycles. The van der Waals surface area contributed by atoms with Gasteiger partial charge in [0.05, 0.1) is 23.7 Å². The fourth-order valence-corrected chi connectivity index (χ4v) is 3.49. The summed E-state index contributed by atoms with van der Waals surface area (Å²) in [5.41, 5.74) is 2.53. The molecule has 0 saturated heterocycles. The van der Waals surface area contributed by atoms with E-state index in [1.54, 1.807) is 42.5 Å². The summed E-state index contributed by atoms with van der Waals surface area (Å²) in [7, 11) is 0. The molecule has 0 aliphatic rings. The number of ether oxygens (including phenoxy) is 2. The topological polar surface area (TPSA) is 77.5 Å². The number of hydrogen-bond donors (Lipinski definition) is 1. The van der Waals surface area contributed by atoms with Crippen LogP contribution in [0.25, 0.3) is 0 Å². The van der Waals surface area contributed by atoms with Crippen LogP contribution in [0.1, 0.15) is 23.2 Å². The lowest BCUT2D eigenvalue weighted by Crippen LogP contribution is -2.16. The van der Waals surface area contributed by atoms with E-state index in [0.717, 1.165) is 17.1 Å². The maximum Gasteiger partial charge on any atom is 0.344 e. The van der Waals surface area contributed by atoms with Gasteiger partial charge in [0.1, 0.15) is 5.75 Å². The average molecular weight is 410 g/mol. The van der Waals surface area contributed by atoms with Crippen LogP contribution < -0.4 is 10.1 Å². The Hall–Kier alpha value is -3.19. The van der Waals surface area contributed by atoms with Gasteiger partial charge >= 0.3 is 5.97 Å². The first-order chi connectivity index (χ1) is 14.1. The lowest BCUT2D eigenvalue weighted by atomic mass is 10.2. The van der Waals surface area contributed by atoms with Crippen molar-refractivity contribution in [2.45, 2.75) is 19.8 Å². The zero-order valence-corrected chi connectivity index (χ0v) is 16.9. The maximum absolute atomic E-state index is 12.4. The van der Waals surface area contributed by atoms with E-state index in [2.05, 4.69) is 22.4 Å². The van der Waals surface area contributed by atoms with Crippen LogP contribution >= 0.6 is 11.3 Å². The van der Waals surface area contributed by atoms with Gasteiger partial charge in [-0.3, -0.25) is 4.79 Å². The summed E-state index contributed by atoms with van der Waals surface area (Å²) in [6.45, 7) is 1.87. The van der Waals surface area contributed by atoms with Crippen LogP contribution in [0.5, 0.6) is 5.75 Å². The fourth-order valence-electron chi connectivity index (χ4n) is 2.66. The third-order valence-corrected chi connectivity index (χ3v) is 4.82. The van der Waals surface area contributed by atoms with Gasteiger partial charge in [0.25, 0.3) is 0 Å². The molecule has 0 aliphatic heterocycles. The third kappa shape index (κ3) is 6.73. The molecule has 150 valence electrons. The standard InChI is InChI=1S/C22H22N2O4S/c1-2-27-22(26)14-28-19-10-6-9-17(12-19)23-20(25)13-18-15-29-21(24-18)11-16-7-4-3-5-8-16/h3-10,12,15H,2,11,13-14H2,1H3,(H,23,25). The first kappa shape index (κ1) is 20.5. The molecule has 0 radical (unpaired) electrons. The van der Waals surface area contributed by atoms with Gasteiger partial charge in [-0.15, -0.1) is 11.3 Å². The van der Waals surface area contributed by atoms with E-state index < -0.39 is 5.97 Å². The van der Waals surface area contributed by atoms with E-state index >= 15 is 0 Å². The number of rotatable bonds is 9. The molecule has 29 heavy (non-hydrogen) atoms. The Balaban J connectivity index is 1.52. The molecule has 0 spiro atoms. The lowest BCUT2D eigenvalue weighted by Gasteiger charge is -2.08. The highest BCUT2D eigenvalue weighted by molar-refractivity contribution is 7.09. The van der Waals surface area contributed by atoms with E-state index in [1.165, 1.54) is 5.56 Å². The number of aromatic nitrogens is 1. The van der Waals surface area contributed by atoms with Crippen LogP contribution in [0.2, 0.25) is 0 Å². The Morgan fingerprint density at radius 1 is 1.10 bits per heavy atom. The molecule has 0 aliphatic carbocycles. The summed E-state index contributed by atoms with van der Waals surface area (Å²) >= 11 is 1.55. The van der Waals surface area contributed by atoms with Crippen LogP contribution in [-0.4, -0.2) is 30.1 Å². The minimum absolute atomic E-state index is 0.163. The zero-order valence-electron chi connectivity index (χ0n) is 16.1. The van der Waals surface area contributed by atoms with Crippen molar-refractivity contribution in [2.24, 2.45) is 0 Å². The van der Waals surface area contributed by atoms with Crippen molar-refractivity contribution in [3.05, 3.63) is 76.2 Å². The number of thiazole rings is 1. The van der Waals surface area contributed by atoms with Gasteiger partial charge in [-0.05, 0) is 24.6 Å². The van der Waals surface area contributed by atoms with Gasteiger partial charge < -0.3 is 14.8 Å². The molecule has 2 aromatic carbocycles. The number of carbonyl (C=O) groups is 2. The second-order valence-corrected chi connectivity index (χ2v) is 7.18. The Bertz CT molecular complexity index is 956. The Labute approximate surface area is 173 Å². The van der Waals surface area contributed by atoms with Crippen molar-refractivity contribution < 1.29 is 19.1 Å². The zero-order chi connectivity index (χ0) is 20.5. The van der Waals surface area contributed by atoms with Gasteiger partial charge in [0.15, 0.2) is 6.61 Å². The van der Waals surface area contributed by atoms with Crippen molar-refractivity contribution in [3.8, 4) is 5.75 Å². The van der Waals surface area contributed by atoms with E-state index in [4.69, 9.17) is 9.47 Å². The predicted molar refractivity (Wildman–Crippen MR) is 112 cm³/mol. The van der Waals surface area contributed by atoms with E-state index in [-0.39, 0.29) is 18.9 Å². The van der Waals surface area contributed by atoms with Gasteiger partial charge in [0, 0.05) is 23.6 Å². The summed E-state index contributed by atoms with van der Waals surface area (Å²) in [6, 6.07) is 17.0. The van der Waals surface area contributed by atoms with Gasteiger partial charge in [0.2, 0.25) is 5.91 Å². The molecule has 1 amide bonds. The second-order valence-electron chi connectivity index (χ2n) is 6.24. The van der Waals surface area contributed by atoms with Gasteiger partial charge in [-0.1, -0.05) is 36.4 Å². The highest BCUT2D eigenvalue weighted by Crippen LogP contribution is 2.19. The van der Waals surface area contributed by atoms with Crippen LogP contribution in [0.15, 0.2) is 60.0 Å². The average Bonchev–Trinajstić information content (AvgIpc) is 3.14. The first-order valence-corrected chi connectivity index (χ1v) is 10.2. The minimum atomic E-state index is -0.434. The Morgan fingerprint density at radius 2 is 1.93 bits per heavy atom. The number of nitrogens with one attached hydrogen (secondary N) is 1. The second kappa shape index (κ2) is 10.4. The molecule has 7 heteroatoms. The molecule has 3 aromatic rings. The van der Waals surface area contributed by atoms with Gasteiger partial charge in [-0.2, -0.15) is 0 Å². The maximum atomic E-state index is 12.4. The summed E-state index contributed by atoms with van der Waals surface area (Å²) in [5.74, 6) is -0.115. The fraction of sp³-hybridized carbons (Fsp3) is 0.227. The SMILES string of the molecule is CCOC(=O)COc1cccc(NC(=O)Cc2csc(Cc3ccccc3)n2)c1. The summed E-state index contributed by atoms with van der Waals surface area (Å²) in [4.78, 5) is 28.3. The van der Waals surface area contributed by atoms with Crippen LogP contribution in [-0.2, 0) is 27.2 Å². The Kier molecular flexibility index (Phi) is 7.35. The van der Waals surface area contributed by atoms with Gasteiger partial charge in [-0.25, -0.2) is 9.78 Å². The highest BCUT2D eigenvalue weighted by atomic mass is 32.1. The molecular formula is C22H22N2O4S. The molecule has 0 bridgehead atoms. The number of hydrogen-bond acceptors (Lipinski definition) is 6. The number of amides is 1. The third-order valence-electron chi connectivity index (χ3n) is 3.92. The van der Waals surface area contributed by atoms with Crippen LogP contribution in [0.3, 0.4) is 0 Å². The van der Waals surface area contributed by atoms with Crippen LogP contribution in [0, 0.1) is 0 Å². The smallest absolute Gasteiger partial charge is 0.344 e. The van der Waals surface area contributed by atoms with Crippen molar-refractivity contribution in [2.75, 3.05) is 18.5 Å². The summed E-state index contributed by atoms with van der Waals surface area (Å²) in [5, 5.41) is 5.73. The molecule has 0 saturated carbocycles. The molecule has 1 N–H and O–H groups in total. The first-order valence-electron chi connectivity index (χ1n) is 9.28. The number of anilines is 1. The largest absolute Gasteiger partial charge is 0.482 e. The summed E-state index contributed by atoms with van der Waals surface area (Å²) < 4.78 is 10.2. The molecule has 3 rings (SSSR count). The highest BCUT2D eigenvalue weighted by Gasteiger charge is 2.10. The van der Waals surface area contributed by atoms with Crippen LogP contribution in [0.4, 0.5) is 5.69 Å². The van der Waals surface area contributed by atoms with Crippen molar-refractivity contribution in [1.82, 2.24) is 4.98 Å². The number of esters is 1. The molecule has 0 fully saturated rings. The molecular weight excluding hydrogens is 388 g/mol. The van der Waals surface area contributed by atoms with Crippen molar-refractivity contribution >= 4 is 28.9 Å². The van der Waals surface area contributed by atoms with Crippen molar-refractivity contribution in [3.63, 3.8) is 0 Å². The predicted octanol–water partition coefficient (Wildman–Crippen LogP) is 3.86.